The van der Waals surface area contributed by atoms with Gasteiger partial charge in [-0.15, -0.1) is 0 Å². The first-order chi connectivity index (χ1) is 11.7. The number of para-hydroxylation sites is 1. The summed E-state index contributed by atoms with van der Waals surface area (Å²) in [6, 6.07) is 13.8. The summed E-state index contributed by atoms with van der Waals surface area (Å²) in [6.45, 7) is 5.23. The third-order valence-electron chi connectivity index (χ3n) is 4.62. The number of hydrogen-bond acceptors (Lipinski definition) is 4. The topological polar surface area (TPSA) is 42.7 Å². The second-order valence-corrected chi connectivity index (χ2v) is 6.12. The summed E-state index contributed by atoms with van der Waals surface area (Å²) in [6.07, 6.45) is 0.962. The molecule has 0 spiro atoms. The van der Waals surface area contributed by atoms with Crippen molar-refractivity contribution in [2.45, 2.75) is 26.8 Å². The Kier molecular flexibility index (Phi) is 3.53. The third-order valence-corrected chi connectivity index (χ3v) is 4.62. The molecule has 4 rings (SSSR count). The summed E-state index contributed by atoms with van der Waals surface area (Å²) in [5, 5.41) is 0.961. The van der Waals surface area contributed by atoms with Crippen molar-refractivity contribution in [1.29, 1.82) is 0 Å². The van der Waals surface area contributed by atoms with Gasteiger partial charge in [0.2, 0.25) is 0 Å². The van der Waals surface area contributed by atoms with Gasteiger partial charge in [0.15, 0.2) is 6.73 Å². The van der Waals surface area contributed by atoms with Crippen molar-refractivity contribution >= 4 is 16.7 Å². The van der Waals surface area contributed by atoms with Crippen molar-refractivity contribution in [2.24, 2.45) is 0 Å². The largest absolute Gasteiger partial charge is 0.473 e. The van der Waals surface area contributed by atoms with E-state index in [1.54, 1.807) is 0 Å². The molecule has 4 heteroatoms. The molecule has 24 heavy (non-hydrogen) atoms. The maximum atomic E-state index is 11.8. The zero-order valence-electron chi connectivity index (χ0n) is 13.8. The second kappa shape index (κ2) is 5.71. The molecule has 0 aliphatic carbocycles. The molecule has 0 fully saturated rings. The standard InChI is InChI=1S/C20H19NO3/c1-3-14-6-4-5-7-17(14)21-11-16-18(23-12-21)9-8-15-13(2)10-19(22)24-20(15)16/h4-10H,3,11-12H2,1-2H3. The predicted octanol–water partition coefficient (Wildman–Crippen LogP) is 4.02. The van der Waals surface area contributed by atoms with E-state index in [-0.39, 0.29) is 5.63 Å². The van der Waals surface area contributed by atoms with Crippen LogP contribution >= 0.6 is 0 Å². The molecule has 1 aliphatic heterocycles. The average Bonchev–Trinajstić information content (AvgIpc) is 2.61. The Hall–Kier alpha value is -2.75. The Labute approximate surface area is 140 Å². The van der Waals surface area contributed by atoms with Crippen molar-refractivity contribution in [3.05, 3.63) is 69.6 Å². The van der Waals surface area contributed by atoms with Crippen molar-refractivity contribution in [3.8, 4) is 5.75 Å². The maximum Gasteiger partial charge on any atom is 0.336 e. The van der Waals surface area contributed by atoms with Crippen LogP contribution in [-0.4, -0.2) is 6.73 Å². The lowest BCUT2D eigenvalue weighted by Gasteiger charge is -2.32. The zero-order valence-corrected chi connectivity index (χ0v) is 13.8. The minimum Gasteiger partial charge on any atom is -0.473 e. The SMILES string of the molecule is CCc1ccccc1N1COc2ccc3c(C)cc(=O)oc3c2C1. The smallest absolute Gasteiger partial charge is 0.336 e. The van der Waals surface area contributed by atoms with Crippen molar-refractivity contribution < 1.29 is 9.15 Å². The highest BCUT2D eigenvalue weighted by molar-refractivity contribution is 5.85. The van der Waals surface area contributed by atoms with Crippen LogP contribution in [0.25, 0.3) is 11.0 Å². The lowest BCUT2D eigenvalue weighted by Crippen LogP contribution is -2.32. The highest BCUT2D eigenvalue weighted by atomic mass is 16.5. The van der Waals surface area contributed by atoms with Crippen LogP contribution in [0, 0.1) is 6.92 Å². The van der Waals surface area contributed by atoms with Gasteiger partial charge >= 0.3 is 5.63 Å². The van der Waals surface area contributed by atoms with Crippen LogP contribution in [0.3, 0.4) is 0 Å². The van der Waals surface area contributed by atoms with E-state index in [9.17, 15) is 4.79 Å². The third kappa shape index (κ3) is 2.35. The first kappa shape index (κ1) is 14.8. The van der Waals surface area contributed by atoms with Gasteiger partial charge in [0.25, 0.3) is 0 Å². The molecule has 0 N–H and O–H groups in total. The molecule has 0 atom stereocenters. The Morgan fingerprint density at radius 2 is 2.00 bits per heavy atom. The van der Waals surface area contributed by atoms with E-state index < -0.39 is 0 Å². The number of hydrogen-bond donors (Lipinski definition) is 0. The molecule has 2 aromatic carbocycles. The molecular formula is C20H19NO3. The van der Waals surface area contributed by atoms with Crippen LogP contribution in [-0.2, 0) is 13.0 Å². The molecule has 0 radical (unpaired) electrons. The Morgan fingerprint density at radius 3 is 2.83 bits per heavy atom. The number of aryl methyl sites for hydroxylation is 2. The second-order valence-electron chi connectivity index (χ2n) is 6.12. The molecule has 0 unspecified atom stereocenters. The van der Waals surface area contributed by atoms with Crippen LogP contribution in [0.2, 0.25) is 0 Å². The van der Waals surface area contributed by atoms with E-state index in [4.69, 9.17) is 9.15 Å². The summed E-state index contributed by atoms with van der Waals surface area (Å²) in [5.41, 5.74) is 4.62. The molecule has 1 aromatic heterocycles. The summed E-state index contributed by atoms with van der Waals surface area (Å²) in [4.78, 5) is 14.0. The van der Waals surface area contributed by atoms with Crippen LogP contribution in [0.15, 0.2) is 51.7 Å². The van der Waals surface area contributed by atoms with Gasteiger partial charge in [-0.2, -0.15) is 0 Å². The Balaban J connectivity index is 1.84. The van der Waals surface area contributed by atoms with Gasteiger partial charge in [0, 0.05) is 17.1 Å². The normalized spacial score (nSPS) is 13.7. The quantitative estimate of drug-likeness (QED) is 0.669. The van der Waals surface area contributed by atoms with Gasteiger partial charge in [0.1, 0.15) is 11.3 Å². The Bertz CT molecular complexity index is 974. The van der Waals surface area contributed by atoms with Crippen molar-refractivity contribution in [1.82, 2.24) is 0 Å². The van der Waals surface area contributed by atoms with Gasteiger partial charge in [-0.25, -0.2) is 4.79 Å². The van der Waals surface area contributed by atoms with Gasteiger partial charge in [0.05, 0.1) is 12.1 Å². The van der Waals surface area contributed by atoms with Crippen LogP contribution in [0.4, 0.5) is 5.69 Å². The molecule has 3 aromatic rings. The summed E-state index contributed by atoms with van der Waals surface area (Å²) >= 11 is 0. The number of rotatable bonds is 2. The number of benzene rings is 2. The molecule has 0 saturated carbocycles. The molecule has 0 amide bonds. The summed E-state index contributed by atoms with van der Waals surface area (Å²) in [5.74, 6) is 0.793. The van der Waals surface area contributed by atoms with Crippen molar-refractivity contribution in [2.75, 3.05) is 11.6 Å². The molecule has 122 valence electrons. The predicted molar refractivity (Wildman–Crippen MR) is 94.7 cm³/mol. The van der Waals surface area contributed by atoms with E-state index in [1.807, 2.05) is 25.1 Å². The average molecular weight is 321 g/mol. The monoisotopic (exact) mass is 321 g/mol. The molecule has 0 saturated heterocycles. The van der Waals surface area contributed by atoms with Gasteiger partial charge in [-0.05, 0) is 42.7 Å². The molecule has 0 bridgehead atoms. The number of anilines is 1. The number of fused-ring (bicyclic) bond motifs is 3. The van der Waals surface area contributed by atoms with Crippen LogP contribution in [0.5, 0.6) is 5.75 Å². The fraction of sp³-hybridized carbons (Fsp3) is 0.250. The van der Waals surface area contributed by atoms with E-state index in [0.29, 0.717) is 18.9 Å². The van der Waals surface area contributed by atoms with E-state index in [0.717, 1.165) is 34.4 Å². The lowest BCUT2D eigenvalue weighted by atomic mass is 10.0. The summed E-state index contributed by atoms with van der Waals surface area (Å²) < 4.78 is 11.5. The fourth-order valence-corrected chi connectivity index (χ4v) is 3.36. The molecular weight excluding hydrogens is 302 g/mol. The zero-order chi connectivity index (χ0) is 16.7. The lowest BCUT2D eigenvalue weighted by molar-refractivity contribution is 0.289. The first-order valence-corrected chi connectivity index (χ1v) is 8.19. The van der Waals surface area contributed by atoms with Gasteiger partial charge < -0.3 is 14.1 Å². The van der Waals surface area contributed by atoms with E-state index in [1.165, 1.54) is 11.6 Å². The van der Waals surface area contributed by atoms with Gasteiger partial charge in [-0.1, -0.05) is 25.1 Å². The van der Waals surface area contributed by atoms with Crippen molar-refractivity contribution in [3.63, 3.8) is 0 Å². The van der Waals surface area contributed by atoms with Gasteiger partial charge in [-0.3, -0.25) is 0 Å². The minimum absolute atomic E-state index is 0.320. The van der Waals surface area contributed by atoms with Crippen LogP contribution in [0.1, 0.15) is 23.6 Å². The maximum absolute atomic E-state index is 11.8. The molecule has 4 nitrogen and oxygen atoms in total. The van der Waals surface area contributed by atoms with E-state index >= 15 is 0 Å². The first-order valence-electron chi connectivity index (χ1n) is 8.19. The van der Waals surface area contributed by atoms with Crippen LogP contribution < -0.4 is 15.3 Å². The Morgan fingerprint density at radius 1 is 1.17 bits per heavy atom. The molecule has 2 heterocycles. The number of ether oxygens (including phenoxy) is 1. The highest BCUT2D eigenvalue weighted by Gasteiger charge is 2.23. The highest BCUT2D eigenvalue weighted by Crippen LogP contribution is 2.35. The number of nitrogens with zero attached hydrogens (tertiary/aromatic N) is 1. The minimum atomic E-state index is -0.320. The molecule has 1 aliphatic rings. The van der Waals surface area contributed by atoms with E-state index in [2.05, 4.69) is 30.0 Å². The fourth-order valence-electron chi connectivity index (χ4n) is 3.36. The summed E-state index contributed by atoms with van der Waals surface area (Å²) in [7, 11) is 0.